The van der Waals surface area contributed by atoms with Crippen LogP contribution in [-0.2, 0) is 0 Å². The second-order valence-electron chi connectivity index (χ2n) is 5.31. The minimum absolute atomic E-state index is 0.0978. The predicted molar refractivity (Wildman–Crippen MR) is 68.3 cm³/mol. The van der Waals surface area contributed by atoms with Gasteiger partial charge in [0.25, 0.3) is 5.89 Å². The number of nitrogens with zero attached hydrogens (tertiary/aromatic N) is 2. The van der Waals surface area contributed by atoms with Gasteiger partial charge in [0.2, 0.25) is 0 Å². The molecule has 0 radical (unpaired) electrons. The minimum Gasteiger partial charge on any atom is -0.334 e. The van der Waals surface area contributed by atoms with Crippen molar-refractivity contribution in [2.24, 2.45) is 5.41 Å². The van der Waals surface area contributed by atoms with E-state index in [1.165, 1.54) is 0 Å². The fourth-order valence-corrected chi connectivity index (χ4v) is 1.64. The third-order valence-electron chi connectivity index (χ3n) is 2.58. The van der Waals surface area contributed by atoms with E-state index in [0.29, 0.717) is 17.3 Å². The number of benzene rings is 1. The van der Waals surface area contributed by atoms with E-state index in [9.17, 15) is 4.79 Å². The van der Waals surface area contributed by atoms with Crippen LogP contribution in [0.2, 0.25) is 0 Å². The Morgan fingerprint density at radius 3 is 2.56 bits per heavy atom. The van der Waals surface area contributed by atoms with Crippen LogP contribution in [0.5, 0.6) is 0 Å². The van der Waals surface area contributed by atoms with Gasteiger partial charge in [-0.05, 0) is 19.1 Å². The van der Waals surface area contributed by atoms with Crippen molar-refractivity contribution in [3.8, 4) is 11.5 Å². The van der Waals surface area contributed by atoms with Crippen molar-refractivity contribution in [2.45, 2.75) is 27.7 Å². The van der Waals surface area contributed by atoms with E-state index < -0.39 is 5.41 Å². The first-order valence-corrected chi connectivity index (χ1v) is 5.83. The fourth-order valence-electron chi connectivity index (χ4n) is 1.64. The highest BCUT2D eigenvalue weighted by molar-refractivity contribution is 6.00. The van der Waals surface area contributed by atoms with Crippen molar-refractivity contribution in [1.82, 2.24) is 10.1 Å². The van der Waals surface area contributed by atoms with Crippen LogP contribution in [0.4, 0.5) is 0 Å². The van der Waals surface area contributed by atoms with Crippen LogP contribution >= 0.6 is 0 Å². The topological polar surface area (TPSA) is 56.0 Å². The Kier molecular flexibility index (Phi) is 3.03. The number of ketones is 1. The zero-order valence-corrected chi connectivity index (χ0v) is 11.0. The molecule has 0 spiro atoms. The molecule has 0 saturated heterocycles. The van der Waals surface area contributed by atoms with Crippen molar-refractivity contribution in [1.29, 1.82) is 0 Å². The molecule has 0 aliphatic rings. The minimum atomic E-state index is -0.399. The molecule has 4 heteroatoms. The molecule has 2 rings (SSSR count). The van der Waals surface area contributed by atoms with Crippen molar-refractivity contribution >= 4 is 5.78 Å². The summed E-state index contributed by atoms with van der Waals surface area (Å²) in [4.78, 5) is 16.3. The summed E-state index contributed by atoms with van der Waals surface area (Å²) in [5, 5.41) is 3.75. The monoisotopic (exact) mass is 244 g/mol. The van der Waals surface area contributed by atoms with Crippen molar-refractivity contribution < 1.29 is 9.32 Å². The number of aryl methyl sites for hydroxylation is 1. The summed E-state index contributed by atoms with van der Waals surface area (Å²) < 4.78 is 5.10. The highest BCUT2D eigenvalue weighted by atomic mass is 16.5. The first-order valence-electron chi connectivity index (χ1n) is 5.83. The lowest BCUT2D eigenvalue weighted by Gasteiger charge is -2.16. The molecule has 0 fully saturated rings. The Morgan fingerprint density at radius 2 is 2.00 bits per heavy atom. The third kappa shape index (κ3) is 2.47. The summed E-state index contributed by atoms with van der Waals surface area (Å²) in [7, 11) is 0. The van der Waals surface area contributed by atoms with Crippen LogP contribution in [0.25, 0.3) is 11.5 Å². The van der Waals surface area contributed by atoms with Crippen molar-refractivity contribution in [3.63, 3.8) is 0 Å². The quantitative estimate of drug-likeness (QED) is 0.761. The second-order valence-corrected chi connectivity index (χ2v) is 5.31. The molecule has 18 heavy (non-hydrogen) atoms. The Labute approximate surface area is 106 Å². The molecule has 4 nitrogen and oxygen atoms in total. The molecule has 0 N–H and O–H groups in total. The number of carbonyl (C=O) groups is 1. The van der Waals surface area contributed by atoms with Crippen LogP contribution in [0.1, 0.15) is 37.0 Å². The fraction of sp³-hybridized carbons (Fsp3) is 0.357. The summed E-state index contributed by atoms with van der Waals surface area (Å²) in [5.41, 5.74) is 1.03. The highest BCUT2D eigenvalue weighted by Gasteiger charge is 2.23. The number of carbonyl (C=O) groups excluding carboxylic acids is 1. The van der Waals surface area contributed by atoms with E-state index in [-0.39, 0.29) is 5.78 Å². The number of rotatable bonds is 2. The van der Waals surface area contributed by atoms with Gasteiger partial charge in [0.1, 0.15) is 0 Å². The van der Waals surface area contributed by atoms with E-state index in [2.05, 4.69) is 10.1 Å². The summed E-state index contributed by atoms with van der Waals surface area (Å²) in [6.07, 6.45) is 0. The molecule has 0 aliphatic heterocycles. The molecule has 94 valence electrons. The average Bonchev–Trinajstić information content (AvgIpc) is 2.74. The van der Waals surface area contributed by atoms with Gasteiger partial charge >= 0.3 is 0 Å². The van der Waals surface area contributed by atoms with Gasteiger partial charge in [0.15, 0.2) is 11.6 Å². The van der Waals surface area contributed by atoms with E-state index in [0.717, 1.165) is 5.56 Å². The molecule has 1 aromatic carbocycles. The van der Waals surface area contributed by atoms with Crippen LogP contribution in [0.15, 0.2) is 28.8 Å². The van der Waals surface area contributed by atoms with Gasteiger partial charge in [-0.2, -0.15) is 4.98 Å². The molecule has 0 bridgehead atoms. The maximum Gasteiger partial charge on any atom is 0.257 e. The maximum absolute atomic E-state index is 12.2. The number of aromatic nitrogens is 2. The SMILES string of the molecule is Cc1noc(-c2cccc(C(=O)C(C)(C)C)c2)n1. The zero-order valence-electron chi connectivity index (χ0n) is 11.0. The lowest BCUT2D eigenvalue weighted by Crippen LogP contribution is -2.20. The Morgan fingerprint density at radius 1 is 1.28 bits per heavy atom. The Hall–Kier alpha value is -1.97. The van der Waals surface area contributed by atoms with Gasteiger partial charge in [0, 0.05) is 16.5 Å². The van der Waals surface area contributed by atoms with Crippen molar-refractivity contribution in [2.75, 3.05) is 0 Å². The molecule has 1 aromatic heterocycles. The third-order valence-corrected chi connectivity index (χ3v) is 2.58. The standard InChI is InChI=1S/C14H16N2O2/c1-9-15-13(18-16-9)11-7-5-6-10(8-11)12(17)14(2,3)4/h5-8H,1-4H3. The van der Waals surface area contributed by atoms with Gasteiger partial charge in [0.05, 0.1) is 0 Å². The summed E-state index contributed by atoms with van der Waals surface area (Å²) in [5.74, 6) is 1.12. The van der Waals surface area contributed by atoms with Crippen LogP contribution < -0.4 is 0 Å². The molecular formula is C14H16N2O2. The number of hydrogen-bond acceptors (Lipinski definition) is 4. The lowest BCUT2D eigenvalue weighted by atomic mass is 9.86. The van der Waals surface area contributed by atoms with Gasteiger partial charge in [-0.1, -0.05) is 38.1 Å². The van der Waals surface area contributed by atoms with E-state index in [4.69, 9.17) is 4.52 Å². The molecule has 0 atom stereocenters. The van der Waals surface area contributed by atoms with Gasteiger partial charge < -0.3 is 4.52 Å². The predicted octanol–water partition coefficient (Wildman–Crippen LogP) is 3.27. The van der Waals surface area contributed by atoms with Crippen molar-refractivity contribution in [3.05, 3.63) is 35.7 Å². The van der Waals surface area contributed by atoms with E-state index in [1.54, 1.807) is 19.1 Å². The smallest absolute Gasteiger partial charge is 0.257 e. The molecule has 0 saturated carbocycles. The molecular weight excluding hydrogens is 228 g/mol. The zero-order chi connectivity index (χ0) is 13.3. The van der Waals surface area contributed by atoms with Gasteiger partial charge in [-0.15, -0.1) is 0 Å². The first kappa shape index (κ1) is 12.5. The number of hydrogen-bond donors (Lipinski definition) is 0. The van der Waals surface area contributed by atoms with Gasteiger partial charge in [-0.25, -0.2) is 0 Å². The highest BCUT2D eigenvalue weighted by Crippen LogP contribution is 2.24. The average molecular weight is 244 g/mol. The Bertz CT molecular complexity index is 579. The molecule has 1 heterocycles. The molecule has 0 amide bonds. The van der Waals surface area contributed by atoms with E-state index >= 15 is 0 Å². The second kappa shape index (κ2) is 4.37. The Balaban J connectivity index is 2.40. The van der Waals surface area contributed by atoms with Gasteiger partial charge in [-0.3, -0.25) is 4.79 Å². The molecule has 2 aromatic rings. The normalized spacial score (nSPS) is 11.6. The van der Waals surface area contributed by atoms with Crippen LogP contribution in [-0.4, -0.2) is 15.9 Å². The first-order chi connectivity index (χ1) is 8.38. The van der Waals surface area contributed by atoms with E-state index in [1.807, 2.05) is 32.9 Å². The van der Waals surface area contributed by atoms with Crippen LogP contribution in [0, 0.1) is 12.3 Å². The summed E-state index contributed by atoms with van der Waals surface area (Å²) in [6, 6.07) is 7.28. The largest absolute Gasteiger partial charge is 0.334 e. The molecule has 0 aliphatic carbocycles. The number of Topliss-reactive ketones (excluding diaryl/α,β-unsaturated/α-hetero) is 1. The maximum atomic E-state index is 12.2. The summed E-state index contributed by atoms with van der Waals surface area (Å²) in [6.45, 7) is 7.47. The molecule has 0 unspecified atom stereocenters. The van der Waals surface area contributed by atoms with Crippen LogP contribution in [0.3, 0.4) is 0 Å². The summed E-state index contributed by atoms with van der Waals surface area (Å²) >= 11 is 0. The lowest BCUT2D eigenvalue weighted by molar-refractivity contribution is 0.0858.